The highest BCUT2D eigenvalue weighted by molar-refractivity contribution is 7.89. The highest BCUT2D eigenvalue weighted by atomic mass is 32.2. The summed E-state index contributed by atoms with van der Waals surface area (Å²) in [4.78, 5) is 11.8. The summed E-state index contributed by atoms with van der Waals surface area (Å²) < 4.78 is 44.8. The van der Waals surface area contributed by atoms with Gasteiger partial charge < -0.3 is 4.74 Å². The third-order valence-electron chi connectivity index (χ3n) is 3.77. The molecular weight excluding hydrogens is 357 g/mol. The minimum atomic E-state index is -3.68. The van der Waals surface area contributed by atoms with Gasteiger partial charge in [0.15, 0.2) is 0 Å². The summed E-state index contributed by atoms with van der Waals surface area (Å²) in [5, 5.41) is 0. The van der Waals surface area contributed by atoms with Crippen LogP contribution >= 0.6 is 0 Å². The molecule has 0 aliphatic rings. The largest absolute Gasteiger partial charge is 0.461 e. The van der Waals surface area contributed by atoms with E-state index in [0.29, 0.717) is 11.5 Å². The maximum absolute atomic E-state index is 13.0. The van der Waals surface area contributed by atoms with Crippen molar-refractivity contribution in [2.75, 3.05) is 6.54 Å². The molecule has 0 aromatic heterocycles. The molecule has 0 spiro atoms. The van der Waals surface area contributed by atoms with Gasteiger partial charge in [-0.2, -0.15) is 0 Å². The number of hydrogen-bond donors (Lipinski definition) is 1. The Balaban J connectivity index is 1.81. The third-order valence-corrected chi connectivity index (χ3v) is 5.24. The molecular formula is C19H22FNO4S. The smallest absolute Gasteiger partial charge is 0.307 e. The van der Waals surface area contributed by atoms with E-state index in [1.165, 1.54) is 18.2 Å². The highest BCUT2D eigenvalue weighted by Gasteiger charge is 2.15. The van der Waals surface area contributed by atoms with Crippen molar-refractivity contribution in [3.8, 4) is 0 Å². The van der Waals surface area contributed by atoms with Gasteiger partial charge in [-0.3, -0.25) is 4.79 Å². The Morgan fingerprint density at radius 3 is 2.46 bits per heavy atom. The zero-order chi connectivity index (χ0) is 19.2. The molecule has 0 aliphatic carbocycles. The molecule has 0 amide bonds. The van der Waals surface area contributed by atoms with Crippen LogP contribution in [0.5, 0.6) is 0 Å². The van der Waals surface area contributed by atoms with E-state index in [2.05, 4.69) is 4.72 Å². The number of nitrogens with one attached hydrogen (secondary N) is 1. The average Bonchev–Trinajstić information content (AvgIpc) is 2.60. The Hall–Kier alpha value is -2.25. The minimum Gasteiger partial charge on any atom is -0.461 e. The SMILES string of the molecule is CC(C)c1ccc(S(=O)(=O)NCCC(=O)OCc2cccc(F)c2)cc1. The molecule has 2 rings (SSSR count). The standard InChI is InChI=1S/C19H22FNO4S/c1-14(2)16-6-8-18(9-7-16)26(23,24)21-11-10-19(22)25-13-15-4-3-5-17(20)12-15/h3-9,12,14,21H,10-11,13H2,1-2H3. The van der Waals surface area contributed by atoms with Crippen LogP contribution in [0.25, 0.3) is 0 Å². The van der Waals surface area contributed by atoms with E-state index in [4.69, 9.17) is 4.74 Å². The quantitative estimate of drug-likeness (QED) is 0.714. The number of sulfonamides is 1. The van der Waals surface area contributed by atoms with Crippen molar-refractivity contribution in [1.82, 2.24) is 4.72 Å². The summed E-state index contributed by atoms with van der Waals surface area (Å²) in [6.45, 7) is 3.92. The van der Waals surface area contributed by atoms with Crippen LogP contribution in [0, 0.1) is 5.82 Å². The van der Waals surface area contributed by atoms with Gasteiger partial charge in [0.1, 0.15) is 12.4 Å². The first-order valence-electron chi connectivity index (χ1n) is 8.27. The Bertz CT molecular complexity index is 848. The van der Waals surface area contributed by atoms with Crippen molar-refractivity contribution in [2.45, 2.75) is 37.7 Å². The second kappa shape index (κ2) is 8.91. The Morgan fingerprint density at radius 1 is 1.15 bits per heavy atom. The predicted octanol–water partition coefficient (Wildman–Crippen LogP) is 3.36. The van der Waals surface area contributed by atoms with Gasteiger partial charge in [0.2, 0.25) is 10.0 Å². The first-order valence-corrected chi connectivity index (χ1v) is 9.76. The number of rotatable bonds is 8. The second-order valence-corrected chi connectivity index (χ2v) is 7.93. The van der Waals surface area contributed by atoms with Crippen LogP contribution < -0.4 is 4.72 Å². The second-order valence-electron chi connectivity index (χ2n) is 6.16. The van der Waals surface area contributed by atoms with Gasteiger partial charge >= 0.3 is 5.97 Å². The van der Waals surface area contributed by atoms with Crippen molar-refractivity contribution in [3.63, 3.8) is 0 Å². The van der Waals surface area contributed by atoms with Crippen LogP contribution in [-0.2, 0) is 26.2 Å². The molecule has 5 nitrogen and oxygen atoms in total. The van der Waals surface area contributed by atoms with Crippen LogP contribution in [0.3, 0.4) is 0 Å². The molecule has 0 aliphatic heterocycles. The molecule has 0 saturated carbocycles. The van der Waals surface area contributed by atoms with Gasteiger partial charge in [0.05, 0.1) is 11.3 Å². The van der Waals surface area contributed by atoms with Crippen molar-refractivity contribution in [2.24, 2.45) is 0 Å². The molecule has 140 valence electrons. The number of hydrogen-bond acceptors (Lipinski definition) is 4. The van der Waals surface area contributed by atoms with E-state index in [1.807, 2.05) is 13.8 Å². The summed E-state index contributed by atoms with van der Waals surface area (Å²) in [6, 6.07) is 12.4. The van der Waals surface area contributed by atoms with E-state index < -0.39 is 21.8 Å². The number of carbonyl (C=O) groups excluding carboxylic acids is 1. The molecule has 1 N–H and O–H groups in total. The van der Waals surface area contributed by atoms with Gasteiger partial charge in [0.25, 0.3) is 0 Å². The van der Waals surface area contributed by atoms with Crippen LogP contribution in [0.1, 0.15) is 37.3 Å². The number of carbonyl (C=O) groups is 1. The Kier molecular flexibility index (Phi) is 6.88. The van der Waals surface area contributed by atoms with E-state index in [1.54, 1.807) is 30.3 Å². The maximum atomic E-state index is 13.0. The zero-order valence-electron chi connectivity index (χ0n) is 14.7. The molecule has 0 radical (unpaired) electrons. The van der Waals surface area contributed by atoms with E-state index in [9.17, 15) is 17.6 Å². The number of ether oxygens (including phenoxy) is 1. The first-order chi connectivity index (χ1) is 12.3. The fourth-order valence-corrected chi connectivity index (χ4v) is 3.30. The Labute approximate surface area is 153 Å². The summed E-state index contributed by atoms with van der Waals surface area (Å²) in [5.41, 5.74) is 1.58. The predicted molar refractivity (Wildman–Crippen MR) is 96.5 cm³/mol. The molecule has 0 saturated heterocycles. The number of benzene rings is 2. The lowest BCUT2D eigenvalue weighted by Gasteiger charge is -2.09. The molecule has 26 heavy (non-hydrogen) atoms. The lowest BCUT2D eigenvalue weighted by Crippen LogP contribution is -2.26. The van der Waals surface area contributed by atoms with Crippen LogP contribution in [0.2, 0.25) is 0 Å². The monoisotopic (exact) mass is 379 g/mol. The molecule has 0 heterocycles. The normalized spacial score (nSPS) is 11.5. The fraction of sp³-hybridized carbons (Fsp3) is 0.316. The zero-order valence-corrected chi connectivity index (χ0v) is 15.6. The average molecular weight is 379 g/mol. The van der Waals surface area contributed by atoms with Gasteiger partial charge in [-0.05, 0) is 41.3 Å². The Morgan fingerprint density at radius 2 is 1.85 bits per heavy atom. The van der Waals surface area contributed by atoms with Crippen molar-refractivity contribution in [3.05, 3.63) is 65.5 Å². The number of esters is 1. The summed E-state index contributed by atoms with van der Waals surface area (Å²) in [6.07, 6.45) is -0.112. The molecule has 0 atom stereocenters. The van der Waals surface area contributed by atoms with Gasteiger partial charge in [-0.15, -0.1) is 0 Å². The highest BCUT2D eigenvalue weighted by Crippen LogP contribution is 2.17. The molecule has 0 fully saturated rings. The summed E-state index contributed by atoms with van der Waals surface area (Å²) >= 11 is 0. The lowest BCUT2D eigenvalue weighted by molar-refractivity contribution is -0.144. The molecule has 0 unspecified atom stereocenters. The maximum Gasteiger partial charge on any atom is 0.307 e. The van der Waals surface area contributed by atoms with Crippen LogP contribution in [-0.4, -0.2) is 20.9 Å². The molecule has 2 aromatic carbocycles. The van der Waals surface area contributed by atoms with Crippen LogP contribution in [0.15, 0.2) is 53.4 Å². The van der Waals surface area contributed by atoms with Gasteiger partial charge in [-0.25, -0.2) is 17.5 Å². The molecule has 0 bridgehead atoms. The summed E-state index contributed by atoms with van der Waals surface area (Å²) in [5.74, 6) is -0.658. The van der Waals surface area contributed by atoms with Gasteiger partial charge in [0, 0.05) is 6.54 Å². The van der Waals surface area contributed by atoms with E-state index in [-0.39, 0.29) is 24.5 Å². The number of halogens is 1. The van der Waals surface area contributed by atoms with Gasteiger partial charge in [-0.1, -0.05) is 38.1 Å². The fourth-order valence-electron chi connectivity index (χ4n) is 2.27. The lowest BCUT2D eigenvalue weighted by atomic mass is 10.0. The van der Waals surface area contributed by atoms with Crippen molar-refractivity contribution >= 4 is 16.0 Å². The molecule has 7 heteroatoms. The van der Waals surface area contributed by atoms with Crippen LogP contribution in [0.4, 0.5) is 4.39 Å². The van der Waals surface area contributed by atoms with Crippen molar-refractivity contribution in [1.29, 1.82) is 0 Å². The first kappa shape index (κ1) is 20.1. The summed E-state index contributed by atoms with van der Waals surface area (Å²) in [7, 11) is -3.68. The van der Waals surface area contributed by atoms with E-state index >= 15 is 0 Å². The topological polar surface area (TPSA) is 72.5 Å². The van der Waals surface area contributed by atoms with E-state index in [0.717, 1.165) is 5.56 Å². The van der Waals surface area contributed by atoms with Crippen molar-refractivity contribution < 1.29 is 22.3 Å². The third kappa shape index (κ3) is 5.93. The minimum absolute atomic E-state index is 0.0555. The molecule has 2 aromatic rings.